The van der Waals surface area contributed by atoms with Crippen LogP contribution in [0.25, 0.3) is 22.6 Å². The largest absolute Gasteiger partial charge is 0.497 e. The number of rotatable bonds is 5. The Bertz CT molecular complexity index is 1090. The Morgan fingerprint density at radius 3 is 2.78 bits per heavy atom. The highest BCUT2D eigenvalue weighted by molar-refractivity contribution is 5.92. The molecule has 0 atom stereocenters. The van der Waals surface area contributed by atoms with Crippen molar-refractivity contribution in [3.8, 4) is 17.2 Å². The number of furan rings is 1. The number of nitrogen functional groups attached to an aromatic ring is 1. The maximum atomic E-state index is 12.4. The molecule has 0 aliphatic rings. The summed E-state index contributed by atoms with van der Waals surface area (Å²) in [5, 5.41) is 2.82. The number of hydrogen-bond acceptors (Lipinski definition) is 7. The first-order chi connectivity index (χ1) is 13.1. The van der Waals surface area contributed by atoms with Gasteiger partial charge in [0, 0.05) is 5.69 Å². The Morgan fingerprint density at radius 1 is 1.26 bits per heavy atom. The quantitative estimate of drug-likeness (QED) is 0.557. The number of carbonyl (C=O) groups is 1. The van der Waals surface area contributed by atoms with Crippen LogP contribution in [0.4, 0.5) is 11.6 Å². The maximum absolute atomic E-state index is 12.4. The van der Waals surface area contributed by atoms with Gasteiger partial charge in [-0.3, -0.25) is 4.79 Å². The van der Waals surface area contributed by atoms with Gasteiger partial charge in [-0.15, -0.1) is 0 Å². The molecule has 0 aliphatic heterocycles. The van der Waals surface area contributed by atoms with E-state index < -0.39 is 0 Å². The van der Waals surface area contributed by atoms with Crippen molar-refractivity contribution in [3.63, 3.8) is 0 Å². The molecule has 0 saturated heterocycles. The topological polar surface area (TPSA) is 121 Å². The molecule has 0 fully saturated rings. The molecular weight excluding hydrogens is 348 g/mol. The molecule has 0 saturated carbocycles. The molecule has 9 heteroatoms. The Kier molecular flexibility index (Phi) is 4.17. The van der Waals surface area contributed by atoms with Crippen molar-refractivity contribution in [1.82, 2.24) is 19.5 Å². The molecule has 1 amide bonds. The molecule has 3 N–H and O–H groups in total. The van der Waals surface area contributed by atoms with Gasteiger partial charge < -0.3 is 24.8 Å². The van der Waals surface area contributed by atoms with E-state index in [2.05, 4.69) is 20.3 Å². The maximum Gasteiger partial charge on any atom is 0.244 e. The van der Waals surface area contributed by atoms with Crippen LogP contribution in [0, 0.1) is 0 Å². The smallest absolute Gasteiger partial charge is 0.244 e. The molecule has 0 bridgehead atoms. The fourth-order valence-electron chi connectivity index (χ4n) is 2.69. The van der Waals surface area contributed by atoms with E-state index in [1.807, 2.05) is 0 Å². The number of nitrogens with two attached hydrogens (primary N) is 1. The summed E-state index contributed by atoms with van der Waals surface area (Å²) >= 11 is 0. The summed E-state index contributed by atoms with van der Waals surface area (Å²) < 4.78 is 12.1. The lowest BCUT2D eigenvalue weighted by molar-refractivity contribution is -0.116. The van der Waals surface area contributed by atoms with Crippen LogP contribution < -0.4 is 15.8 Å². The highest BCUT2D eigenvalue weighted by Gasteiger charge is 2.17. The van der Waals surface area contributed by atoms with E-state index in [4.69, 9.17) is 14.9 Å². The summed E-state index contributed by atoms with van der Waals surface area (Å²) in [6, 6.07) is 10.6. The molecule has 1 aromatic carbocycles. The van der Waals surface area contributed by atoms with Crippen LogP contribution in [0.2, 0.25) is 0 Å². The highest BCUT2D eigenvalue weighted by atomic mass is 16.5. The molecule has 9 nitrogen and oxygen atoms in total. The second-order valence-electron chi connectivity index (χ2n) is 5.73. The number of fused-ring (bicyclic) bond motifs is 1. The number of ether oxygens (including phenoxy) is 1. The zero-order valence-electron chi connectivity index (χ0n) is 14.4. The third-order valence-corrected chi connectivity index (χ3v) is 3.92. The number of nitrogens with one attached hydrogen (secondary N) is 1. The number of carbonyl (C=O) groups excluding carboxylic acids is 1. The van der Waals surface area contributed by atoms with E-state index in [1.54, 1.807) is 54.3 Å². The summed E-state index contributed by atoms with van der Waals surface area (Å²) in [7, 11) is 1.59. The minimum Gasteiger partial charge on any atom is -0.497 e. The first kappa shape index (κ1) is 16.6. The molecule has 0 spiro atoms. The number of imidazole rings is 1. The van der Waals surface area contributed by atoms with Crippen LogP contribution in [0.1, 0.15) is 0 Å². The SMILES string of the molecule is COc1ccc(NC(=O)Cn2cnc3c(-c4ccco4)nc(N)nc32)cc1. The van der Waals surface area contributed by atoms with Gasteiger partial charge in [-0.2, -0.15) is 4.98 Å². The van der Waals surface area contributed by atoms with E-state index >= 15 is 0 Å². The van der Waals surface area contributed by atoms with Gasteiger partial charge in [0.25, 0.3) is 0 Å². The van der Waals surface area contributed by atoms with Crippen LogP contribution in [0.3, 0.4) is 0 Å². The third kappa shape index (κ3) is 3.30. The van der Waals surface area contributed by atoms with Crippen LogP contribution in [-0.2, 0) is 11.3 Å². The number of benzene rings is 1. The fourth-order valence-corrected chi connectivity index (χ4v) is 2.69. The number of nitrogens with zero attached hydrogens (tertiary/aromatic N) is 4. The van der Waals surface area contributed by atoms with Crippen LogP contribution >= 0.6 is 0 Å². The molecule has 27 heavy (non-hydrogen) atoms. The lowest BCUT2D eigenvalue weighted by Crippen LogP contribution is -2.18. The Morgan fingerprint density at radius 2 is 2.07 bits per heavy atom. The van der Waals surface area contributed by atoms with E-state index in [-0.39, 0.29) is 18.4 Å². The predicted molar refractivity (Wildman–Crippen MR) is 99.1 cm³/mol. The minimum absolute atomic E-state index is 0.0244. The summed E-state index contributed by atoms with van der Waals surface area (Å²) in [6.45, 7) is 0.0244. The van der Waals surface area contributed by atoms with Crippen molar-refractivity contribution in [2.45, 2.75) is 6.54 Å². The van der Waals surface area contributed by atoms with E-state index in [0.717, 1.165) is 0 Å². The van der Waals surface area contributed by atoms with E-state index in [9.17, 15) is 4.79 Å². The van der Waals surface area contributed by atoms with Gasteiger partial charge >= 0.3 is 0 Å². The van der Waals surface area contributed by atoms with Crippen molar-refractivity contribution < 1.29 is 13.9 Å². The Balaban J connectivity index is 1.59. The van der Waals surface area contributed by atoms with Gasteiger partial charge in [-0.05, 0) is 36.4 Å². The molecule has 136 valence electrons. The number of hydrogen-bond donors (Lipinski definition) is 2. The van der Waals surface area contributed by atoms with Gasteiger partial charge in [0.1, 0.15) is 23.5 Å². The molecule has 0 radical (unpaired) electrons. The summed E-state index contributed by atoms with van der Waals surface area (Å²) in [5.74, 6) is 1.09. The lowest BCUT2D eigenvalue weighted by Gasteiger charge is -2.08. The van der Waals surface area contributed by atoms with Crippen LogP contribution in [0.5, 0.6) is 5.75 Å². The minimum atomic E-state index is -0.226. The number of anilines is 2. The van der Waals surface area contributed by atoms with Gasteiger partial charge in [-0.1, -0.05) is 0 Å². The van der Waals surface area contributed by atoms with Gasteiger partial charge in [0.05, 0.1) is 19.7 Å². The Hall–Kier alpha value is -3.88. The van der Waals surface area contributed by atoms with Gasteiger partial charge in [0.15, 0.2) is 11.4 Å². The summed E-state index contributed by atoms with van der Waals surface area (Å²) in [5.41, 5.74) is 7.94. The Labute approximate surface area is 153 Å². The van der Waals surface area contributed by atoms with Crippen LogP contribution in [-0.4, -0.2) is 32.5 Å². The van der Waals surface area contributed by atoms with E-state index in [0.29, 0.717) is 34.1 Å². The number of amides is 1. The zero-order chi connectivity index (χ0) is 18.8. The van der Waals surface area contributed by atoms with Crippen LogP contribution in [0.15, 0.2) is 53.4 Å². The highest BCUT2D eigenvalue weighted by Crippen LogP contribution is 2.26. The first-order valence-electron chi connectivity index (χ1n) is 8.10. The molecule has 4 aromatic rings. The van der Waals surface area contributed by atoms with Crippen molar-refractivity contribution >= 4 is 28.7 Å². The molecule has 3 heterocycles. The second-order valence-corrected chi connectivity index (χ2v) is 5.73. The summed E-state index contributed by atoms with van der Waals surface area (Å²) in [6.07, 6.45) is 3.07. The van der Waals surface area contributed by atoms with Gasteiger partial charge in [-0.25, -0.2) is 9.97 Å². The molecule has 3 aromatic heterocycles. The average Bonchev–Trinajstić information content (AvgIpc) is 3.32. The zero-order valence-corrected chi connectivity index (χ0v) is 14.4. The third-order valence-electron chi connectivity index (χ3n) is 3.92. The van der Waals surface area contributed by atoms with Crippen molar-refractivity contribution in [2.75, 3.05) is 18.2 Å². The summed E-state index contributed by atoms with van der Waals surface area (Å²) in [4.78, 5) is 25.1. The molecule has 0 aliphatic carbocycles. The van der Waals surface area contributed by atoms with E-state index in [1.165, 1.54) is 6.33 Å². The molecular formula is C18H16N6O3. The standard InChI is InChI=1S/C18H16N6O3/c1-26-12-6-4-11(5-7-12)21-14(25)9-24-10-20-16-15(13-3-2-8-27-13)22-18(19)23-17(16)24/h2-8,10H,9H2,1H3,(H,21,25)(H2,19,22,23). The fraction of sp³-hybridized carbons (Fsp3) is 0.111. The van der Waals surface area contributed by atoms with Crippen molar-refractivity contribution in [3.05, 3.63) is 49.0 Å². The average molecular weight is 364 g/mol. The lowest BCUT2D eigenvalue weighted by atomic mass is 10.3. The normalized spacial score (nSPS) is 10.9. The molecule has 4 rings (SSSR count). The monoisotopic (exact) mass is 364 g/mol. The molecule has 0 unspecified atom stereocenters. The van der Waals surface area contributed by atoms with Crippen molar-refractivity contribution in [2.24, 2.45) is 0 Å². The predicted octanol–water partition coefficient (Wildman–Crippen LogP) is 2.32. The number of aromatic nitrogens is 4. The number of methoxy groups -OCH3 is 1. The first-order valence-corrected chi connectivity index (χ1v) is 8.10. The van der Waals surface area contributed by atoms with Crippen molar-refractivity contribution in [1.29, 1.82) is 0 Å². The second kappa shape index (κ2) is 6.79. The van der Waals surface area contributed by atoms with Gasteiger partial charge in [0.2, 0.25) is 11.9 Å².